The molecule has 7 nitrogen and oxygen atoms in total. The zero-order valence-corrected chi connectivity index (χ0v) is 18.0. The number of nitrogens with zero attached hydrogens (tertiary/aromatic N) is 2. The summed E-state index contributed by atoms with van der Waals surface area (Å²) in [7, 11) is 1.59. The number of carbonyl (C=O) groups is 1. The van der Waals surface area contributed by atoms with Crippen LogP contribution in [0.2, 0.25) is 5.02 Å². The zero-order valence-electron chi connectivity index (χ0n) is 16.4. The van der Waals surface area contributed by atoms with Gasteiger partial charge in [-0.1, -0.05) is 17.7 Å². The molecule has 1 amide bonds. The van der Waals surface area contributed by atoms with Gasteiger partial charge in [0.2, 0.25) is 5.91 Å². The molecule has 3 N–H and O–H groups in total. The number of anilines is 2. The molecule has 1 fully saturated rings. The number of halogens is 1. The lowest BCUT2D eigenvalue weighted by molar-refractivity contribution is -0.126. The number of hydrazine groups is 1. The van der Waals surface area contributed by atoms with Gasteiger partial charge in [0.1, 0.15) is 5.75 Å². The zero-order chi connectivity index (χ0) is 21.5. The SMILES string of the molecule is COc1cc(N2CCC(C(=O)NNC(=S)Nc3cccc(C#N)c3)CC2)ccc1Cl. The summed E-state index contributed by atoms with van der Waals surface area (Å²) < 4.78 is 5.28. The van der Waals surface area contributed by atoms with Gasteiger partial charge in [-0.3, -0.25) is 15.6 Å². The summed E-state index contributed by atoms with van der Waals surface area (Å²) in [5, 5.41) is 12.7. The van der Waals surface area contributed by atoms with Crippen LogP contribution in [0.25, 0.3) is 0 Å². The van der Waals surface area contributed by atoms with Gasteiger partial charge in [-0.25, -0.2) is 0 Å². The quantitative estimate of drug-likeness (QED) is 0.492. The Balaban J connectivity index is 1.46. The Morgan fingerprint density at radius 3 is 2.70 bits per heavy atom. The van der Waals surface area contributed by atoms with Gasteiger partial charge >= 0.3 is 0 Å². The number of hydrogen-bond donors (Lipinski definition) is 3. The lowest BCUT2D eigenvalue weighted by atomic mass is 9.96. The first-order valence-corrected chi connectivity index (χ1v) is 10.2. The van der Waals surface area contributed by atoms with Gasteiger partial charge in [0.15, 0.2) is 5.11 Å². The van der Waals surface area contributed by atoms with E-state index in [-0.39, 0.29) is 16.9 Å². The van der Waals surface area contributed by atoms with Crippen LogP contribution >= 0.6 is 23.8 Å². The molecule has 1 saturated heterocycles. The number of carbonyl (C=O) groups excluding carboxylic acids is 1. The van der Waals surface area contributed by atoms with Gasteiger partial charge in [-0.2, -0.15) is 5.26 Å². The van der Waals surface area contributed by atoms with Crippen LogP contribution in [0.4, 0.5) is 11.4 Å². The first kappa shape index (κ1) is 21.7. The number of benzene rings is 2. The molecule has 1 aliphatic rings. The highest BCUT2D eigenvalue weighted by atomic mass is 35.5. The van der Waals surface area contributed by atoms with E-state index in [2.05, 4.69) is 27.1 Å². The summed E-state index contributed by atoms with van der Waals surface area (Å²) >= 11 is 11.3. The normalized spacial score (nSPS) is 13.8. The van der Waals surface area contributed by atoms with Crippen LogP contribution in [0.3, 0.4) is 0 Å². The number of thiocarbonyl (C=S) groups is 1. The standard InChI is InChI=1S/C21H22ClN5O2S/c1-29-19-12-17(5-6-18(19)22)27-9-7-15(8-10-27)20(28)25-26-21(30)24-16-4-2-3-14(11-16)13-23/h2-6,11-12,15H,7-10H2,1H3,(H,25,28)(H2,24,26,30). The van der Waals surface area contributed by atoms with Crippen LogP contribution in [-0.2, 0) is 4.79 Å². The van der Waals surface area contributed by atoms with Crippen molar-refractivity contribution in [3.05, 3.63) is 53.1 Å². The summed E-state index contributed by atoms with van der Waals surface area (Å²) in [5.41, 5.74) is 7.62. The summed E-state index contributed by atoms with van der Waals surface area (Å²) in [5.74, 6) is 0.436. The molecule has 2 aromatic carbocycles. The van der Waals surface area contributed by atoms with Crippen molar-refractivity contribution in [2.45, 2.75) is 12.8 Å². The molecular formula is C21H22ClN5O2S. The van der Waals surface area contributed by atoms with E-state index in [1.54, 1.807) is 31.4 Å². The fraction of sp³-hybridized carbons (Fsp3) is 0.286. The molecule has 0 radical (unpaired) electrons. The Morgan fingerprint density at radius 2 is 2.00 bits per heavy atom. The lowest BCUT2D eigenvalue weighted by Crippen LogP contribution is -2.48. The molecule has 2 aromatic rings. The molecule has 0 unspecified atom stereocenters. The number of hydrogen-bond acceptors (Lipinski definition) is 5. The Bertz CT molecular complexity index is 970. The molecule has 3 rings (SSSR count). The maximum Gasteiger partial charge on any atom is 0.241 e. The second-order valence-corrected chi connectivity index (χ2v) is 7.66. The van der Waals surface area contributed by atoms with E-state index >= 15 is 0 Å². The van der Waals surface area contributed by atoms with E-state index in [9.17, 15) is 4.79 Å². The van der Waals surface area contributed by atoms with Crippen molar-refractivity contribution in [1.29, 1.82) is 5.26 Å². The number of rotatable bonds is 4. The molecule has 0 atom stereocenters. The molecule has 0 saturated carbocycles. The smallest absolute Gasteiger partial charge is 0.241 e. The summed E-state index contributed by atoms with van der Waals surface area (Å²) in [6.45, 7) is 1.51. The summed E-state index contributed by atoms with van der Waals surface area (Å²) in [6, 6.07) is 14.7. The van der Waals surface area contributed by atoms with Crippen LogP contribution < -0.4 is 25.8 Å². The van der Waals surface area contributed by atoms with Gasteiger partial charge in [0.05, 0.1) is 23.8 Å². The number of methoxy groups -OCH3 is 1. The molecule has 0 aliphatic carbocycles. The lowest BCUT2D eigenvalue weighted by Gasteiger charge is -2.33. The molecule has 9 heteroatoms. The molecule has 30 heavy (non-hydrogen) atoms. The first-order valence-electron chi connectivity index (χ1n) is 9.45. The van der Waals surface area contributed by atoms with Crippen LogP contribution in [0, 0.1) is 17.2 Å². The third-order valence-electron chi connectivity index (χ3n) is 4.91. The van der Waals surface area contributed by atoms with Gasteiger partial charge in [0.25, 0.3) is 0 Å². The van der Waals surface area contributed by atoms with Gasteiger partial charge in [-0.05, 0) is 55.4 Å². The summed E-state index contributed by atoms with van der Waals surface area (Å²) in [6.07, 6.45) is 1.45. The fourth-order valence-corrected chi connectivity index (χ4v) is 3.66. The predicted octanol–water partition coefficient (Wildman–Crippen LogP) is 3.45. The van der Waals surface area contributed by atoms with Crippen molar-refractivity contribution in [2.75, 3.05) is 30.4 Å². The van der Waals surface area contributed by atoms with Crippen molar-refractivity contribution in [2.24, 2.45) is 5.92 Å². The Morgan fingerprint density at radius 1 is 1.23 bits per heavy atom. The molecule has 0 aromatic heterocycles. The molecule has 1 aliphatic heterocycles. The Hall–Kier alpha value is -3.02. The van der Waals surface area contributed by atoms with E-state index in [1.807, 2.05) is 18.2 Å². The fourth-order valence-electron chi connectivity index (χ4n) is 3.29. The van der Waals surface area contributed by atoms with Gasteiger partial charge in [0, 0.05) is 36.4 Å². The molecule has 0 spiro atoms. The van der Waals surface area contributed by atoms with E-state index in [4.69, 9.17) is 33.8 Å². The van der Waals surface area contributed by atoms with Crippen molar-refractivity contribution in [3.63, 3.8) is 0 Å². The molecule has 0 bridgehead atoms. The second kappa shape index (κ2) is 10.1. The third-order valence-corrected chi connectivity index (χ3v) is 5.43. The van der Waals surface area contributed by atoms with Gasteiger partial charge in [-0.15, -0.1) is 0 Å². The largest absolute Gasteiger partial charge is 0.495 e. The minimum Gasteiger partial charge on any atom is -0.495 e. The van der Waals surface area contributed by atoms with E-state index in [0.29, 0.717) is 22.0 Å². The highest BCUT2D eigenvalue weighted by molar-refractivity contribution is 7.80. The predicted molar refractivity (Wildman–Crippen MR) is 122 cm³/mol. The topological polar surface area (TPSA) is 89.4 Å². The molecule has 1 heterocycles. The van der Waals surface area contributed by atoms with Gasteiger partial charge < -0.3 is 15.0 Å². The van der Waals surface area contributed by atoms with E-state index < -0.39 is 0 Å². The Kier molecular flexibility index (Phi) is 7.33. The Labute approximate surface area is 185 Å². The van der Waals surface area contributed by atoms with Crippen LogP contribution in [0.15, 0.2) is 42.5 Å². The second-order valence-electron chi connectivity index (χ2n) is 6.84. The van der Waals surface area contributed by atoms with Crippen LogP contribution in [0.5, 0.6) is 5.75 Å². The number of piperidine rings is 1. The number of nitrogens with one attached hydrogen (secondary N) is 3. The third kappa shape index (κ3) is 5.53. The highest BCUT2D eigenvalue weighted by Gasteiger charge is 2.25. The van der Waals surface area contributed by atoms with Crippen molar-refractivity contribution >= 4 is 46.2 Å². The van der Waals surface area contributed by atoms with E-state index in [0.717, 1.165) is 31.6 Å². The van der Waals surface area contributed by atoms with Crippen molar-refractivity contribution in [3.8, 4) is 11.8 Å². The first-order chi connectivity index (χ1) is 14.5. The number of amides is 1. The monoisotopic (exact) mass is 443 g/mol. The molecular weight excluding hydrogens is 422 g/mol. The number of nitriles is 1. The maximum absolute atomic E-state index is 12.5. The average Bonchev–Trinajstić information content (AvgIpc) is 2.78. The highest BCUT2D eigenvalue weighted by Crippen LogP contribution is 2.31. The maximum atomic E-state index is 12.5. The minimum atomic E-state index is -0.104. The molecule has 156 valence electrons. The van der Waals surface area contributed by atoms with Crippen molar-refractivity contribution < 1.29 is 9.53 Å². The average molecular weight is 444 g/mol. The van der Waals surface area contributed by atoms with Crippen LogP contribution in [0.1, 0.15) is 18.4 Å². The summed E-state index contributed by atoms with van der Waals surface area (Å²) in [4.78, 5) is 14.7. The number of ether oxygens (including phenoxy) is 1. The van der Waals surface area contributed by atoms with Crippen LogP contribution in [-0.4, -0.2) is 31.2 Å². The van der Waals surface area contributed by atoms with E-state index in [1.165, 1.54) is 0 Å². The minimum absolute atomic E-state index is 0.0988. The van der Waals surface area contributed by atoms with Crippen molar-refractivity contribution in [1.82, 2.24) is 10.9 Å².